The van der Waals surface area contributed by atoms with E-state index in [-0.39, 0.29) is 10.6 Å². The lowest BCUT2D eigenvalue weighted by Gasteiger charge is -2.24. The molecule has 2 rings (SSSR count). The van der Waals surface area contributed by atoms with Crippen molar-refractivity contribution in [3.8, 4) is 5.75 Å². The second-order valence-electron chi connectivity index (χ2n) is 5.48. The van der Waals surface area contributed by atoms with E-state index in [0.717, 1.165) is 6.08 Å². The number of unbranched alkanes of at least 4 members (excludes halogenated alkanes) is 2. The Balaban J connectivity index is 2.22. The fourth-order valence-electron chi connectivity index (χ4n) is 2.12. The van der Waals surface area contributed by atoms with Gasteiger partial charge in [-0.05, 0) is 43.5 Å². The summed E-state index contributed by atoms with van der Waals surface area (Å²) in [6.07, 6.45) is 3.99. The zero-order valence-electron chi connectivity index (χ0n) is 14.1. The van der Waals surface area contributed by atoms with Gasteiger partial charge in [0.25, 0.3) is 0 Å². The molecule has 1 unspecified atom stereocenters. The predicted molar refractivity (Wildman–Crippen MR) is 95.7 cm³/mol. The number of hydrogen-bond acceptors (Lipinski definition) is 5. The molecule has 5 nitrogen and oxygen atoms in total. The van der Waals surface area contributed by atoms with Crippen molar-refractivity contribution in [1.82, 2.24) is 0 Å². The molecule has 0 radical (unpaired) electrons. The summed E-state index contributed by atoms with van der Waals surface area (Å²) in [5, 5.41) is 10.6. The topological polar surface area (TPSA) is 72.8 Å². The number of aliphatic hydroxyl groups is 1. The molecule has 0 aliphatic carbocycles. The van der Waals surface area contributed by atoms with Crippen LogP contribution in [0.15, 0.2) is 77.7 Å². The van der Waals surface area contributed by atoms with Gasteiger partial charge in [0, 0.05) is 6.08 Å². The van der Waals surface area contributed by atoms with E-state index in [1.54, 1.807) is 48.5 Å². The van der Waals surface area contributed by atoms with Crippen LogP contribution in [0.1, 0.15) is 19.3 Å². The first-order valence-electron chi connectivity index (χ1n) is 8.16. The normalized spacial score (nSPS) is 14.2. The van der Waals surface area contributed by atoms with Crippen LogP contribution in [0, 0.1) is 0 Å². The molecule has 26 heavy (non-hydrogen) atoms. The third-order valence-corrected chi connectivity index (χ3v) is 4.66. The summed E-state index contributed by atoms with van der Waals surface area (Å²) in [6.45, 7) is -0.433. The van der Waals surface area contributed by atoms with Gasteiger partial charge in [-0.3, -0.25) is 4.39 Å². The van der Waals surface area contributed by atoms with Crippen LogP contribution in [0.5, 0.6) is 5.75 Å². The molecule has 0 amide bonds. The largest absolute Gasteiger partial charge is 0.435 e. The molecule has 140 valence electrons. The number of para-hydroxylation sites is 1. The Morgan fingerprint density at radius 2 is 1.62 bits per heavy atom. The molecule has 2 aromatic carbocycles. The van der Waals surface area contributed by atoms with Crippen LogP contribution in [-0.4, -0.2) is 26.2 Å². The van der Waals surface area contributed by atoms with Gasteiger partial charge in [0.2, 0.25) is 0 Å². The predicted octanol–water partition coefficient (Wildman–Crippen LogP) is 3.81. The van der Waals surface area contributed by atoms with Gasteiger partial charge in [-0.1, -0.05) is 42.5 Å². The molecule has 0 aliphatic heterocycles. The first-order chi connectivity index (χ1) is 12.5. The van der Waals surface area contributed by atoms with Crippen molar-refractivity contribution in [3.63, 3.8) is 0 Å². The van der Waals surface area contributed by atoms with Crippen molar-refractivity contribution in [2.45, 2.75) is 30.1 Å². The average molecular weight is 380 g/mol. The van der Waals surface area contributed by atoms with Gasteiger partial charge < -0.3 is 9.84 Å². The van der Waals surface area contributed by atoms with Gasteiger partial charge in [0.1, 0.15) is 5.75 Å². The fraction of sp³-hybridized carbons (Fsp3) is 0.263. The average Bonchev–Trinajstić information content (AvgIpc) is 2.62. The van der Waals surface area contributed by atoms with Gasteiger partial charge in [-0.25, -0.2) is 0 Å². The number of alkyl halides is 1. The van der Waals surface area contributed by atoms with Gasteiger partial charge in [-0.15, -0.1) is 0 Å². The summed E-state index contributed by atoms with van der Waals surface area (Å²) < 4.78 is 47.3. The number of halogens is 1. The minimum absolute atomic E-state index is 0.110. The maximum absolute atomic E-state index is 12.4. The Morgan fingerprint density at radius 1 is 1.00 bits per heavy atom. The fourth-order valence-corrected chi connectivity index (χ4v) is 3.11. The zero-order valence-corrected chi connectivity index (χ0v) is 14.9. The molecule has 0 aliphatic rings. The highest BCUT2D eigenvalue weighted by molar-refractivity contribution is 7.86. The summed E-state index contributed by atoms with van der Waals surface area (Å²) in [7, 11) is -4.27. The summed E-state index contributed by atoms with van der Waals surface area (Å²) >= 11 is 0. The van der Waals surface area contributed by atoms with Gasteiger partial charge >= 0.3 is 16.1 Å². The Hall–Kier alpha value is -2.22. The number of ether oxygens (including phenoxy) is 1. The van der Waals surface area contributed by atoms with Crippen molar-refractivity contribution >= 4 is 10.1 Å². The first kappa shape index (κ1) is 20.1. The monoisotopic (exact) mass is 380 g/mol. The van der Waals surface area contributed by atoms with Crippen LogP contribution in [0.25, 0.3) is 0 Å². The molecular weight excluding hydrogens is 359 g/mol. The van der Waals surface area contributed by atoms with Crippen LogP contribution in [0.2, 0.25) is 0 Å². The SMILES string of the molecule is O=S(=O)(OC(O)(C=CCCCCF)Oc1ccccc1)c1ccccc1. The molecule has 0 saturated carbocycles. The van der Waals surface area contributed by atoms with Gasteiger partial charge in [0.05, 0.1) is 11.6 Å². The number of allylic oxidation sites excluding steroid dienone is 1. The summed E-state index contributed by atoms with van der Waals surface area (Å²) in [4.78, 5) is -0.110. The zero-order chi connectivity index (χ0) is 18.9. The van der Waals surface area contributed by atoms with Gasteiger partial charge in [0.15, 0.2) is 0 Å². The van der Waals surface area contributed by atoms with E-state index >= 15 is 0 Å². The molecule has 2 aromatic rings. The highest BCUT2D eigenvalue weighted by Crippen LogP contribution is 2.24. The van der Waals surface area contributed by atoms with E-state index in [2.05, 4.69) is 0 Å². The summed E-state index contributed by atoms with van der Waals surface area (Å²) in [6, 6.07) is 15.7. The van der Waals surface area contributed by atoms with Crippen molar-refractivity contribution in [3.05, 3.63) is 72.8 Å². The molecule has 0 saturated heterocycles. The maximum atomic E-state index is 12.4. The highest BCUT2D eigenvalue weighted by atomic mass is 32.2. The second-order valence-corrected chi connectivity index (χ2v) is 7.03. The molecule has 0 heterocycles. The van der Waals surface area contributed by atoms with E-state index in [0.29, 0.717) is 19.3 Å². The van der Waals surface area contributed by atoms with Crippen molar-refractivity contribution in [1.29, 1.82) is 0 Å². The third kappa shape index (κ3) is 6.25. The van der Waals surface area contributed by atoms with Crippen LogP contribution in [0.3, 0.4) is 0 Å². The maximum Gasteiger partial charge on any atom is 0.361 e. The van der Waals surface area contributed by atoms with Crippen LogP contribution in [0.4, 0.5) is 4.39 Å². The van der Waals surface area contributed by atoms with Crippen LogP contribution < -0.4 is 4.74 Å². The van der Waals surface area contributed by atoms with E-state index in [1.165, 1.54) is 18.2 Å². The van der Waals surface area contributed by atoms with Crippen LogP contribution in [-0.2, 0) is 14.3 Å². The molecule has 0 spiro atoms. The highest BCUT2D eigenvalue weighted by Gasteiger charge is 2.35. The molecule has 1 atom stereocenters. The number of hydrogen-bond donors (Lipinski definition) is 1. The molecular formula is C19H21FO5S. The van der Waals surface area contributed by atoms with E-state index < -0.39 is 22.8 Å². The lowest BCUT2D eigenvalue weighted by molar-refractivity contribution is -0.231. The molecule has 0 fully saturated rings. The summed E-state index contributed by atoms with van der Waals surface area (Å²) in [5.74, 6) is -2.29. The lowest BCUT2D eigenvalue weighted by Crippen LogP contribution is -2.39. The Morgan fingerprint density at radius 3 is 2.23 bits per heavy atom. The van der Waals surface area contributed by atoms with E-state index in [9.17, 15) is 17.9 Å². The number of benzene rings is 2. The minimum atomic E-state index is -4.27. The Labute approximate surface area is 152 Å². The molecule has 1 N–H and O–H groups in total. The molecule has 0 aromatic heterocycles. The Kier molecular flexibility index (Phi) is 7.32. The van der Waals surface area contributed by atoms with Crippen molar-refractivity contribution in [2.24, 2.45) is 0 Å². The standard InChI is InChI=1S/C19H21FO5S/c20-16-10-2-1-9-15-19(21,24-17-11-5-3-6-12-17)25-26(22,23)18-13-7-4-8-14-18/h3-9,11-15,21H,1-2,10,16H2. The van der Waals surface area contributed by atoms with E-state index in [1.807, 2.05) is 0 Å². The third-order valence-electron chi connectivity index (χ3n) is 3.35. The van der Waals surface area contributed by atoms with Gasteiger partial charge in [-0.2, -0.15) is 12.6 Å². The van der Waals surface area contributed by atoms with Crippen molar-refractivity contribution < 1.29 is 26.8 Å². The quantitative estimate of drug-likeness (QED) is 0.294. The molecule has 0 bridgehead atoms. The second kappa shape index (κ2) is 9.47. The van der Waals surface area contributed by atoms with E-state index in [4.69, 9.17) is 8.92 Å². The summed E-state index contributed by atoms with van der Waals surface area (Å²) in [5.41, 5.74) is 0. The minimum Gasteiger partial charge on any atom is -0.435 e. The van der Waals surface area contributed by atoms with Crippen LogP contribution >= 0.6 is 0 Å². The molecule has 7 heteroatoms. The van der Waals surface area contributed by atoms with Crippen molar-refractivity contribution in [2.75, 3.05) is 6.67 Å². The number of rotatable bonds is 10. The smallest absolute Gasteiger partial charge is 0.361 e. The lowest BCUT2D eigenvalue weighted by atomic mass is 10.2. The Bertz CT molecular complexity index is 793. The first-order valence-corrected chi connectivity index (χ1v) is 9.57.